The number of aliphatic hydroxyl groups excluding tert-OH is 17. The molecule has 22 aliphatic rings. The van der Waals surface area contributed by atoms with Gasteiger partial charge in [0.2, 0.25) is 0 Å². The van der Waals surface area contributed by atoms with Gasteiger partial charge in [-0.2, -0.15) is 0 Å². The summed E-state index contributed by atoms with van der Waals surface area (Å²) in [6.45, 7) is -5.62. The molecule has 22 fully saturated rings. The van der Waals surface area contributed by atoms with Crippen molar-refractivity contribution in [2.24, 2.45) is 5.11 Å². The summed E-state index contributed by atoms with van der Waals surface area (Å²) in [6, 6.07) is 0. The predicted molar refractivity (Wildman–Crippen MR) is 218 cm³/mol. The topological polar surface area (TPSA) is 513 Å². The van der Waals surface area contributed by atoms with Crippen molar-refractivity contribution in [1.82, 2.24) is 0 Å². The van der Waals surface area contributed by atoms with Crippen LogP contribution in [0.25, 0.3) is 10.4 Å². The first kappa shape index (κ1) is 57.8. The lowest BCUT2D eigenvalue weighted by Gasteiger charge is -2.50. The highest BCUT2D eigenvalue weighted by Crippen LogP contribution is 2.38. The van der Waals surface area contributed by atoms with Gasteiger partial charge < -0.3 is 148 Å². The number of ether oxygens (including phenoxy) is 13. The summed E-state index contributed by atoms with van der Waals surface area (Å²) in [5.74, 6) is 0. The van der Waals surface area contributed by atoms with E-state index in [0.717, 1.165) is 0 Å². The number of hydrogen-bond acceptors (Lipinski definition) is 31. The van der Waals surface area contributed by atoms with Crippen molar-refractivity contribution in [3.63, 3.8) is 0 Å². The first-order chi connectivity index (χ1) is 34.4. The fourth-order valence-electron chi connectivity index (χ4n) is 9.40. The second-order valence-corrected chi connectivity index (χ2v) is 18.0. The summed E-state index contributed by atoms with van der Waals surface area (Å²) >= 11 is 0. The van der Waals surface area contributed by atoms with Crippen molar-refractivity contribution in [2.75, 3.05) is 52.8 Å². The van der Waals surface area contributed by atoms with Gasteiger partial charge in [-0.1, -0.05) is 5.11 Å². The number of rotatable bonds is 11. The van der Waals surface area contributed by atoms with E-state index in [1.54, 1.807) is 0 Å². The van der Waals surface area contributed by atoms with Crippen LogP contribution < -0.4 is 0 Å². The Morgan fingerprint density at radius 2 is 0.556 bits per heavy atom. The molecule has 0 spiro atoms. The maximum atomic E-state index is 11.6. The number of aliphatic hydroxyl groups is 17. The Labute approximate surface area is 407 Å². The molecule has 0 aliphatic carbocycles. The normalized spacial score (nSPS) is 51.6. The van der Waals surface area contributed by atoms with Crippen molar-refractivity contribution < 1.29 is 148 Å². The molecular weight excluding hydrogens is 990 g/mol. The zero-order valence-corrected chi connectivity index (χ0v) is 37.9. The third-order valence-electron chi connectivity index (χ3n) is 13.4. The second-order valence-electron chi connectivity index (χ2n) is 18.0. The molecular formula is C39H65N3O30. The van der Waals surface area contributed by atoms with Gasteiger partial charge in [-0.25, -0.2) is 0 Å². The lowest BCUT2D eigenvalue weighted by Crippen LogP contribution is -2.69. The molecule has 22 heterocycles. The molecule has 0 amide bonds. The van der Waals surface area contributed by atoms with E-state index >= 15 is 0 Å². The average Bonchev–Trinajstić information content (AvgIpc) is 3.37. The molecule has 0 aromatic carbocycles. The van der Waals surface area contributed by atoms with Gasteiger partial charge in [0.1, 0.15) is 146 Å². The third-order valence-corrected chi connectivity index (χ3v) is 13.4. The highest BCUT2D eigenvalue weighted by Gasteiger charge is 2.58. The Balaban J connectivity index is 1.20. The Morgan fingerprint density at radius 3 is 0.778 bits per heavy atom. The van der Waals surface area contributed by atoms with Crippen LogP contribution in [-0.4, -0.2) is 324 Å². The zero-order valence-electron chi connectivity index (χ0n) is 37.9. The van der Waals surface area contributed by atoms with Gasteiger partial charge in [-0.05, 0) is 12.0 Å². The molecule has 416 valence electrons. The van der Waals surface area contributed by atoms with Crippen LogP contribution >= 0.6 is 0 Å². The van der Waals surface area contributed by atoms with Crippen LogP contribution in [0.1, 0.15) is 6.42 Å². The molecule has 0 aromatic rings. The van der Waals surface area contributed by atoms with E-state index in [9.17, 15) is 86.8 Å². The Kier molecular flexibility index (Phi) is 20.5. The maximum Gasteiger partial charge on any atom is 0.187 e. The molecule has 72 heavy (non-hydrogen) atoms. The summed E-state index contributed by atoms with van der Waals surface area (Å²) in [5, 5.41) is 191. The van der Waals surface area contributed by atoms with Gasteiger partial charge in [0.15, 0.2) is 37.7 Å². The van der Waals surface area contributed by atoms with E-state index in [0.29, 0.717) is 0 Å². The zero-order chi connectivity index (χ0) is 52.3. The van der Waals surface area contributed by atoms with Crippen LogP contribution in [0.4, 0.5) is 0 Å². The second kappa shape index (κ2) is 25.5. The van der Waals surface area contributed by atoms with Gasteiger partial charge in [0.25, 0.3) is 0 Å². The van der Waals surface area contributed by atoms with E-state index in [1.807, 2.05) is 0 Å². The van der Waals surface area contributed by atoms with Crippen molar-refractivity contribution in [1.29, 1.82) is 0 Å². The van der Waals surface area contributed by atoms with Crippen LogP contribution in [0.3, 0.4) is 0 Å². The van der Waals surface area contributed by atoms with Gasteiger partial charge >= 0.3 is 0 Å². The first-order valence-electron chi connectivity index (χ1n) is 23.1. The molecule has 17 N–H and O–H groups in total. The van der Waals surface area contributed by atoms with Crippen LogP contribution in [0, 0.1) is 0 Å². The first-order valence-corrected chi connectivity index (χ1v) is 23.1. The molecule has 12 bridgehead atoms. The van der Waals surface area contributed by atoms with Crippen molar-refractivity contribution in [3.8, 4) is 0 Å². The quantitative estimate of drug-likeness (QED) is 0.0395. The lowest BCUT2D eigenvalue weighted by molar-refractivity contribution is -0.404. The minimum atomic E-state index is -2.16. The van der Waals surface area contributed by atoms with Crippen molar-refractivity contribution in [2.45, 2.75) is 191 Å². The van der Waals surface area contributed by atoms with E-state index in [-0.39, 0.29) is 19.6 Å². The van der Waals surface area contributed by atoms with Crippen LogP contribution in [-0.2, 0) is 61.6 Å². The molecule has 30 atom stereocenters. The number of hydrogen-bond donors (Lipinski definition) is 17. The SMILES string of the molecule is [N-]=[N+]=NCCCOC[C@H]1O[C@@H]2O[C@H]3[C@H](O)[C@@H](O)[C@@H](O[C@H]4[C@H](O)[C@@H](O)[C@@H](O[C@H]5[C@H](O)[C@@H](O)[C@@H](O[C@H]6[C@H](O)[C@@H](O)[C@@H](O[C@H]7[C@H](O)[C@@H](O)[C@@H](O[C@H]1[C@H](O)[C@H]2O)O[C@@H]7CO)O[C@@H]6CO)O[C@@H]5CO)O[C@@H]4CO)O[C@@H]3CO. The van der Waals surface area contributed by atoms with Crippen LogP contribution in [0.15, 0.2) is 5.11 Å². The smallest absolute Gasteiger partial charge is 0.187 e. The van der Waals surface area contributed by atoms with Crippen LogP contribution in [0.2, 0.25) is 0 Å². The predicted octanol–water partition coefficient (Wildman–Crippen LogP) is -11.3. The minimum Gasteiger partial charge on any atom is -0.394 e. The van der Waals surface area contributed by atoms with Crippen LogP contribution in [0.5, 0.6) is 0 Å². The summed E-state index contributed by atoms with van der Waals surface area (Å²) < 4.78 is 74.7. The molecule has 0 saturated carbocycles. The molecule has 33 nitrogen and oxygen atoms in total. The maximum absolute atomic E-state index is 11.6. The summed E-state index contributed by atoms with van der Waals surface area (Å²) in [5.41, 5.74) is 8.63. The van der Waals surface area contributed by atoms with Crippen molar-refractivity contribution >= 4 is 0 Å². The molecule has 22 saturated heterocycles. The Bertz CT molecular complexity index is 1720. The monoisotopic (exact) mass is 1060 g/mol. The fourth-order valence-corrected chi connectivity index (χ4v) is 9.40. The Hall–Kier alpha value is -1.89. The third kappa shape index (κ3) is 12.0. The molecule has 0 unspecified atom stereocenters. The van der Waals surface area contributed by atoms with Gasteiger partial charge in [0.05, 0.1) is 39.6 Å². The Morgan fingerprint density at radius 1 is 0.333 bits per heavy atom. The number of nitrogens with zero attached hydrogens (tertiary/aromatic N) is 3. The summed E-state index contributed by atoms with van der Waals surface area (Å²) in [4.78, 5) is 2.65. The average molecular weight is 1060 g/mol. The molecule has 0 aromatic heterocycles. The highest BCUT2D eigenvalue weighted by molar-refractivity contribution is 5.01. The fraction of sp³-hybridized carbons (Fsp3) is 1.00. The van der Waals surface area contributed by atoms with Crippen molar-refractivity contribution in [3.05, 3.63) is 10.4 Å². The highest BCUT2D eigenvalue weighted by atomic mass is 16.8. The standard InChI is InChI=1S/C39H65N3O30/c40-42-41-2-1-3-60-9-15-33-21(53)27(59)39(66-15)71-32-14(8-47)64-37(25(57)19(32)51)69-30-12(6-45)62-35(23(55)17(30)49)67-28-10(4-43)61-34(22(54)16(28)48)68-29-11(5-44)63-36(24(56)18(29)50)70-31-13(7-46)65-38(72-33)26(58)20(31)52/h10-39,43-59H,1-9H2/t10-,11-,12-,13-,14-,15-,16-,17-,18-,19-,20-,21-,22-,23-,24-,25-,26-,27-,28-,29-,30-,31-,32-,33-,34-,35-,36-,37-,38-,39-/m1/s1. The molecule has 22 rings (SSSR count). The summed E-state index contributed by atoms with van der Waals surface area (Å²) in [7, 11) is 0. The van der Waals surface area contributed by atoms with E-state index in [1.165, 1.54) is 0 Å². The van der Waals surface area contributed by atoms with Gasteiger partial charge in [0, 0.05) is 18.1 Å². The lowest BCUT2D eigenvalue weighted by atomic mass is 9.94. The van der Waals surface area contributed by atoms with E-state index in [4.69, 9.17) is 67.1 Å². The molecule has 0 radical (unpaired) electrons. The largest absolute Gasteiger partial charge is 0.394 e. The molecule has 33 heteroatoms. The van der Waals surface area contributed by atoms with Gasteiger partial charge in [-0.3, -0.25) is 0 Å². The summed E-state index contributed by atoms with van der Waals surface area (Å²) in [6.07, 6.45) is -58.3. The van der Waals surface area contributed by atoms with E-state index in [2.05, 4.69) is 10.0 Å². The minimum absolute atomic E-state index is 0.00651. The van der Waals surface area contributed by atoms with E-state index < -0.39 is 224 Å². The molecule has 22 aliphatic heterocycles. The van der Waals surface area contributed by atoms with Gasteiger partial charge in [-0.15, -0.1) is 0 Å². The number of azide groups is 1.